The van der Waals surface area contributed by atoms with Gasteiger partial charge in [0.05, 0.1) is 64.3 Å². The Morgan fingerprint density at radius 3 is 1.52 bits per heavy atom. The second-order valence-corrected chi connectivity index (χ2v) is 16.2. The van der Waals surface area contributed by atoms with Gasteiger partial charge in [-0.05, 0) is 59.3 Å². The van der Waals surface area contributed by atoms with Crippen LogP contribution in [0.1, 0.15) is 35.1 Å². The van der Waals surface area contributed by atoms with Crippen LogP contribution in [-0.4, -0.2) is 84.9 Å². The van der Waals surface area contributed by atoms with Crippen molar-refractivity contribution in [3.63, 3.8) is 0 Å². The number of ketones is 1. The molecular formula is C47H46Cl4N4O5. The molecule has 4 aliphatic rings. The molecule has 0 saturated carbocycles. The fourth-order valence-corrected chi connectivity index (χ4v) is 9.72. The molecule has 4 aromatic carbocycles. The summed E-state index contributed by atoms with van der Waals surface area (Å²) < 4.78 is 21.7. The van der Waals surface area contributed by atoms with Gasteiger partial charge >= 0.3 is 0 Å². The largest absolute Gasteiger partial charge is 0.495 e. The molecule has 0 spiro atoms. The van der Waals surface area contributed by atoms with E-state index in [-0.39, 0.29) is 5.78 Å². The first kappa shape index (κ1) is 43.2. The van der Waals surface area contributed by atoms with Crippen LogP contribution in [0.3, 0.4) is 0 Å². The van der Waals surface area contributed by atoms with Gasteiger partial charge in [-0.1, -0.05) is 102 Å². The van der Waals surface area contributed by atoms with Gasteiger partial charge in [0, 0.05) is 55.9 Å². The van der Waals surface area contributed by atoms with Crippen LogP contribution in [0.5, 0.6) is 23.0 Å². The van der Waals surface area contributed by atoms with Crippen molar-refractivity contribution in [2.24, 2.45) is 9.98 Å². The molecule has 312 valence electrons. The zero-order chi connectivity index (χ0) is 42.7. The van der Waals surface area contributed by atoms with Crippen molar-refractivity contribution in [1.82, 2.24) is 0 Å². The monoisotopic (exact) mass is 886 g/mol. The van der Waals surface area contributed by atoms with E-state index < -0.39 is 0 Å². The molecule has 4 aromatic rings. The Balaban J connectivity index is 0.000000183. The maximum absolute atomic E-state index is 12.0. The molecule has 0 unspecified atom stereocenters. The Morgan fingerprint density at radius 1 is 0.667 bits per heavy atom. The van der Waals surface area contributed by atoms with Crippen LogP contribution >= 0.6 is 46.4 Å². The predicted octanol–water partition coefficient (Wildman–Crippen LogP) is 10.6. The van der Waals surface area contributed by atoms with Gasteiger partial charge in [-0.25, -0.2) is 0 Å². The average molecular weight is 889 g/mol. The average Bonchev–Trinajstić information content (AvgIpc) is 3.88. The Hall–Kier alpha value is -4.93. The number of hydrogen-bond donors (Lipinski definition) is 0. The maximum Gasteiger partial charge on any atom is 0.159 e. The summed E-state index contributed by atoms with van der Waals surface area (Å²) in [6.07, 6.45) is 3.38. The molecule has 0 atom stereocenters. The van der Waals surface area contributed by atoms with Gasteiger partial charge < -0.3 is 28.7 Å². The van der Waals surface area contributed by atoms with Crippen molar-refractivity contribution in [3.8, 4) is 23.0 Å². The highest BCUT2D eigenvalue weighted by Crippen LogP contribution is 2.49. The van der Waals surface area contributed by atoms with E-state index in [2.05, 4.69) is 47.6 Å². The number of benzene rings is 4. The number of carbonyl (C=O) groups is 1. The van der Waals surface area contributed by atoms with Gasteiger partial charge in [-0.2, -0.15) is 0 Å². The van der Waals surface area contributed by atoms with Crippen molar-refractivity contribution in [2.75, 3.05) is 77.5 Å². The second-order valence-electron chi connectivity index (χ2n) is 14.7. The molecule has 0 amide bonds. The summed E-state index contributed by atoms with van der Waals surface area (Å²) in [5.41, 5.74) is 13.2. The van der Waals surface area contributed by atoms with E-state index in [9.17, 15) is 4.79 Å². The lowest BCUT2D eigenvalue weighted by Gasteiger charge is -2.32. The third-order valence-corrected chi connectivity index (χ3v) is 12.8. The molecule has 0 aliphatic carbocycles. The van der Waals surface area contributed by atoms with E-state index in [0.717, 1.165) is 60.7 Å². The summed E-state index contributed by atoms with van der Waals surface area (Å²) in [7, 11) is 6.32. The summed E-state index contributed by atoms with van der Waals surface area (Å²) in [4.78, 5) is 26.0. The second kappa shape index (κ2) is 18.8. The van der Waals surface area contributed by atoms with Gasteiger partial charge in [0.15, 0.2) is 5.78 Å². The minimum Gasteiger partial charge on any atom is -0.495 e. The Kier molecular flexibility index (Phi) is 13.5. The number of ether oxygens (including phenoxy) is 4. The first-order chi connectivity index (χ1) is 29.0. The van der Waals surface area contributed by atoms with E-state index in [4.69, 9.17) is 75.3 Å². The molecule has 60 heavy (non-hydrogen) atoms. The smallest absolute Gasteiger partial charge is 0.159 e. The number of carbonyl (C=O) groups excluding carboxylic acids is 1. The quantitative estimate of drug-likeness (QED) is 0.139. The molecular weight excluding hydrogens is 842 g/mol. The van der Waals surface area contributed by atoms with E-state index >= 15 is 0 Å². The molecule has 13 heteroatoms. The van der Waals surface area contributed by atoms with Gasteiger partial charge in [0.1, 0.15) is 43.1 Å². The van der Waals surface area contributed by atoms with Crippen molar-refractivity contribution in [1.29, 1.82) is 0 Å². The molecule has 9 nitrogen and oxygen atoms in total. The summed E-state index contributed by atoms with van der Waals surface area (Å²) in [5, 5.41) is 1.95. The normalized spacial score (nSPS) is 15.8. The van der Waals surface area contributed by atoms with Crippen LogP contribution < -0.4 is 28.7 Å². The number of hydrogen-bond acceptors (Lipinski definition) is 9. The SMILES string of the molecule is C=CC(=O)Cc1ccccc1C1=NCC2=C1CCN(c1c(Cl)c(OC)cc(OC)c1Cl)C2.COc1cc(OC)c(Cl)c(N2CCC3=C(CN=C3c3ccccc3C)C2)c1Cl. The number of allylic oxidation sites excluding steroid dienone is 1. The minimum atomic E-state index is -0.00340. The van der Waals surface area contributed by atoms with Gasteiger partial charge in [0.25, 0.3) is 0 Å². The summed E-state index contributed by atoms with van der Waals surface area (Å²) in [5.74, 6) is 2.15. The molecule has 0 N–H and O–H groups in total. The Labute approximate surface area is 371 Å². The van der Waals surface area contributed by atoms with Crippen LogP contribution in [0.4, 0.5) is 11.4 Å². The van der Waals surface area contributed by atoms with Gasteiger partial charge in [-0.3, -0.25) is 14.8 Å². The van der Waals surface area contributed by atoms with E-state index in [1.54, 1.807) is 40.6 Å². The fraction of sp³-hybridized carbons (Fsp3) is 0.298. The number of anilines is 2. The molecule has 0 fully saturated rings. The summed E-state index contributed by atoms with van der Waals surface area (Å²) in [6.45, 7) is 9.98. The third-order valence-electron chi connectivity index (χ3n) is 11.3. The topological polar surface area (TPSA) is 85.2 Å². The number of rotatable bonds is 11. The van der Waals surface area contributed by atoms with E-state index in [1.807, 2.05) is 24.3 Å². The molecule has 4 aliphatic heterocycles. The number of aliphatic imine (C=N–C) groups is 2. The molecule has 0 saturated heterocycles. The van der Waals surface area contributed by atoms with E-state index in [1.165, 1.54) is 39.5 Å². The first-order valence-electron chi connectivity index (χ1n) is 19.5. The fourth-order valence-electron chi connectivity index (χ4n) is 8.24. The minimum absolute atomic E-state index is 0.00340. The lowest BCUT2D eigenvalue weighted by molar-refractivity contribution is -0.114. The molecule has 0 radical (unpaired) electrons. The van der Waals surface area contributed by atoms with Crippen LogP contribution in [-0.2, 0) is 11.2 Å². The number of halogens is 4. The van der Waals surface area contributed by atoms with Crippen molar-refractivity contribution < 1.29 is 23.7 Å². The van der Waals surface area contributed by atoms with Crippen molar-refractivity contribution in [2.45, 2.75) is 26.2 Å². The highest BCUT2D eigenvalue weighted by Gasteiger charge is 2.33. The highest BCUT2D eigenvalue weighted by molar-refractivity contribution is 6.42. The standard InChI is InChI=1S/C25H24Cl2N2O3.C22H22Cl2N2O2/c1-4-17(30)11-15-7-5-6-8-18(15)24-19-9-10-29(14-16(19)13-28-24)25-22(26)20(31-2)12-21(32-3)23(25)27;1-13-6-4-5-7-15(13)21-16-8-9-26(12-14(16)11-25-21)22-19(23)17(27-2)10-18(28-3)20(22)24/h4-8,12H,1,9-11,13-14H2,2-3H3;4-7,10H,8-9,11-12H2,1-3H3. The van der Waals surface area contributed by atoms with Crippen LogP contribution in [0.2, 0.25) is 20.1 Å². The first-order valence-corrected chi connectivity index (χ1v) is 21.0. The van der Waals surface area contributed by atoms with Crippen LogP contribution in [0.15, 0.2) is 106 Å². The van der Waals surface area contributed by atoms with Gasteiger partial charge in [0.2, 0.25) is 0 Å². The zero-order valence-corrected chi connectivity index (χ0v) is 37.3. The van der Waals surface area contributed by atoms with Crippen LogP contribution in [0.25, 0.3) is 0 Å². The maximum atomic E-state index is 12.0. The highest BCUT2D eigenvalue weighted by atomic mass is 35.5. The number of nitrogens with zero attached hydrogens (tertiary/aromatic N) is 4. The summed E-state index contributed by atoms with van der Waals surface area (Å²) >= 11 is 26.5. The molecule has 4 heterocycles. The molecule has 8 rings (SSSR count). The number of aryl methyl sites for hydroxylation is 1. The van der Waals surface area contributed by atoms with Crippen LogP contribution in [0, 0.1) is 6.92 Å². The molecule has 0 bridgehead atoms. The predicted molar refractivity (Wildman–Crippen MR) is 246 cm³/mol. The summed E-state index contributed by atoms with van der Waals surface area (Å²) in [6, 6.07) is 19.8. The number of methoxy groups -OCH3 is 4. The van der Waals surface area contributed by atoms with Gasteiger partial charge in [-0.15, -0.1) is 0 Å². The third kappa shape index (κ3) is 8.38. The lowest BCUT2D eigenvalue weighted by Crippen LogP contribution is -2.33. The zero-order valence-electron chi connectivity index (χ0n) is 34.3. The molecule has 0 aromatic heterocycles. The Bertz CT molecular complexity index is 2440. The van der Waals surface area contributed by atoms with Crippen molar-refractivity contribution in [3.05, 3.63) is 138 Å². The Morgan fingerprint density at radius 2 is 1.08 bits per heavy atom. The van der Waals surface area contributed by atoms with E-state index in [0.29, 0.717) is 74.8 Å². The van der Waals surface area contributed by atoms with Crippen molar-refractivity contribution >= 4 is 75.0 Å². The lowest BCUT2D eigenvalue weighted by atomic mass is 9.90.